The number of methoxy groups -OCH3 is 1. The molecule has 8 heteroatoms. The van der Waals surface area contributed by atoms with E-state index in [4.69, 9.17) is 27.4 Å². The SMILES string of the molecule is COC(=O)/C=C/c1ccc(OS(=O)(=O)c2cc(Cl)ccc2Cl)cc1. The zero-order valence-corrected chi connectivity index (χ0v) is 14.7. The second-order valence-electron chi connectivity index (χ2n) is 4.54. The van der Waals surface area contributed by atoms with Crippen molar-refractivity contribution >= 4 is 45.4 Å². The third kappa shape index (κ3) is 4.74. The van der Waals surface area contributed by atoms with Gasteiger partial charge in [-0.25, -0.2) is 4.79 Å². The maximum absolute atomic E-state index is 12.3. The third-order valence-corrected chi connectivity index (χ3v) is 4.83. The standard InChI is InChI=1S/C16H12Cl2O5S/c1-22-16(19)9-4-11-2-6-13(7-3-11)23-24(20,21)15-10-12(17)5-8-14(15)18/h2-10H,1H3/b9-4+. The average Bonchev–Trinajstić information content (AvgIpc) is 2.55. The lowest BCUT2D eigenvalue weighted by atomic mass is 10.2. The number of halogens is 2. The van der Waals surface area contributed by atoms with Crippen LogP contribution < -0.4 is 4.18 Å². The van der Waals surface area contributed by atoms with E-state index in [1.807, 2.05) is 0 Å². The van der Waals surface area contributed by atoms with Crippen molar-refractivity contribution in [2.45, 2.75) is 4.90 Å². The molecule has 5 nitrogen and oxygen atoms in total. The molecule has 0 N–H and O–H groups in total. The van der Waals surface area contributed by atoms with Crippen LogP contribution in [0, 0.1) is 0 Å². The van der Waals surface area contributed by atoms with Crippen molar-refractivity contribution in [1.29, 1.82) is 0 Å². The molecule has 0 amide bonds. The van der Waals surface area contributed by atoms with Crippen molar-refractivity contribution in [3.63, 3.8) is 0 Å². The van der Waals surface area contributed by atoms with Gasteiger partial charge in [0.1, 0.15) is 10.6 Å². The number of carbonyl (C=O) groups excluding carboxylic acids is 1. The minimum Gasteiger partial charge on any atom is -0.466 e. The Labute approximate surface area is 149 Å². The van der Waals surface area contributed by atoms with Crippen LogP contribution in [0.25, 0.3) is 6.08 Å². The summed E-state index contributed by atoms with van der Waals surface area (Å²) < 4.78 is 34.1. The molecule has 0 aliphatic carbocycles. The summed E-state index contributed by atoms with van der Waals surface area (Å²) in [5.41, 5.74) is 0.672. The number of benzene rings is 2. The summed E-state index contributed by atoms with van der Waals surface area (Å²) in [5, 5.41) is 0.238. The lowest BCUT2D eigenvalue weighted by Crippen LogP contribution is -2.10. The zero-order chi connectivity index (χ0) is 17.7. The Kier molecular flexibility index (Phi) is 5.88. The summed E-state index contributed by atoms with van der Waals surface area (Å²) in [6, 6.07) is 10.1. The molecule has 24 heavy (non-hydrogen) atoms. The van der Waals surface area contributed by atoms with Crippen molar-refractivity contribution in [1.82, 2.24) is 0 Å². The number of esters is 1. The number of rotatable bonds is 5. The van der Waals surface area contributed by atoms with E-state index in [1.165, 1.54) is 49.6 Å². The van der Waals surface area contributed by atoms with Gasteiger partial charge in [-0.05, 0) is 42.0 Å². The van der Waals surface area contributed by atoms with E-state index in [-0.39, 0.29) is 20.7 Å². The maximum atomic E-state index is 12.3. The van der Waals surface area contributed by atoms with Gasteiger partial charge in [0.05, 0.1) is 12.1 Å². The fourth-order valence-electron chi connectivity index (χ4n) is 1.71. The predicted molar refractivity (Wildman–Crippen MR) is 91.8 cm³/mol. The predicted octanol–water partition coefficient (Wildman–Crippen LogP) is 3.95. The van der Waals surface area contributed by atoms with Gasteiger partial charge in [0.25, 0.3) is 0 Å². The molecule has 0 aromatic heterocycles. The largest absolute Gasteiger partial charge is 0.466 e. The highest BCUT2D eigenvalue weighted by Gasteiger charge is 2.20. The molecule has 0 heterocycles. The lowest BCUT2D eigenvalue weighted by Gasteiger charge is -2.09. The Morgan fingerprint density at radius 1 is 1.08 bits per heavy atom. The molecule has 0 bridgehead atoms. The molecule has 0 unspecified atom stereocenters. The Bertz CT molecular complexity index is 874. The van der Waals surface area contributed by atoms with Gasteiger partial charge in [-0.3, -0.25) is 0 Å². The minimum atomic E-state index is -4.12. The minimum absolute atomic E-state index is 0.0111. The van der Waals surface area contributed by atoms with Crippen molar-refractivity contribution in [2.24, 2.45) is 0 Å². The lowest BCUT2D eigenvalue weighted by molar-refractivity contribution is -0.134. The van der Waals surface area contributed by atoms with Gasteiger partial charge in [-0.15, -0.1) is 0 Å². The molecule has 0 saturated carbocycles. The number of carbonyl (C=O) groups is 1. The molecule has 2 rings (SSSR count). The van der Waals surface area contributed by atoms with E-state index in [9.17, 15) is 13.2 Å². The van der Waals surface area contributed by atoms with E-state index in [0.29, 0.717) is 5.56 Å². The molecule has 2 aromatic rings. The van der Waals surface area contributed by atoms with Gasteiger partial charge in [0.2, 0.25) is 0 Å². The van der Waals surface area contributed by atoms with Gasteiger partial charge in [-0.1, -0.05) is 35.3 Å². The van der Waals surface area contributed by atoms with E-state index in [0.717, 1.165) is 0 Å². The van der Waals surface area contributed by atoms with Gasteiger partial charge in [-0.2, -0.15) is 8.42 Å². The average molecular weight is 387 g/mol. The Hall–Kier alpha value is -2.02. The molecule has 0 atom stereocenters. The van der Waals surface area contributed by atoms with Crippen LogP contribution in [0.15, 0.2) is 53.4 Å². The molecule has 0 spiro atoms. The summed E-state index contributed by atoms with van der Waals surface area (Å²) in [5.74, 6) is -0.394. The number of ether oxygens (including phenoxy) is 1. The molecule has 0 radical (unpaired) electrons. The monoisotopic (exact) mass is 386 g/mol. The van der Waals surface area contributed by atoms with E-state index in [2.05, 4.69) is 4.74 Å². The molecule has 0 aliphatic rings. The molecular weight excluding hydrogens is 375 g/mol. The van der Waals surface area contributed by atoms with Crippen LogP contribution in [0.2, 0.25) is 10.0 Å². The number of hydrogen-bond donors (Lipinski definition) is 0. The van der Waals surface area contributed by atoms with Crippen molar-refractivity contribution in [3.05, 3.63) is 64.1 Å². The summed E-state index contributed by atoms with van der Waals surface area (Å²) in [4.78, 5) is 10.8. The first-order valence-corrected chi connectivity index (χ1v) is 8.74. The molecule has 0 aliphatic heterocycles. The second-order valence-corrected chi connectivity index (χ2v) is 6.90. The first kappa shape index (κ1) is 18.3. The molecular formula is C16H12Cl2O5S. The molecule has 0 fully saturated rings. The van der Waals surface area contributed by atoms with Gasteiger partial charge in [0.15, 0.2) is 0 Å². The van der Waals surface area contributed by atoms with Gasteiger partial charge >= 0.3 is 16.1 Å². The highest BCUT2D eigenvalue weighted by atomic mass is 35.5. The molecule has 2 aromatic carbocycles. The molecule has 126 valence electrons. The summed E-state index contributed by atoms with van der Waals surface area (Å²) in [6.07, 6.45) is 2.77. The van der Waals surface area contributed by atoms with Crippen molar-refractivity contribution in [3.8, 4) is 5.75 Å². The zero-order valence-electron chi connectivity index (χ0n) is 12.4. The van der Waals surface area contributed by atoms with Crippen LogP contribution in [-0.4, -0.2) is 21.5 Å². The Morgan fingerprint density at radius 3 is 2.38 bits per heavy atom. The number of hydrogen-bond acceptors (Lipinski definition) is 5. The van der Waals surface area contributed by atoms with Gasteiger partial charge in [0, 0.05) is 11.1 Å². The van der Waals surface area contributed by atoms with Crippen LogP contribution >= 0.6 is 23.2 Å². The quantitative estimate of drug-likeness (QED) is 0.442. The fourth-order valence-corrected chi connectivity index (χ4v) is 3.38. The van der Waals surface area contributed by atoms with E-state index < -0.39 is 16.1 Å². The highest BCUT2D eigenvalue weighted by molar-refractivity contribution is 7.87. The van der Waals surface area contributed by atoms with Crippen molar-refractivity contribution < 1.29 is 22.1 Å². The maximum Gasteiger partial charge on any atom is 0.340 e. The Morgan fingerprint density at radius 2 is 1.75 bits per heavy atom. The first-order chi connectivity index (χ1) is 11.3. The third-order valence-electron chi connectivity index (χ3n) is 2.86. The van der Waals surface area contributed by atoms with Crippen LogP contribution in [0.1, 0.15) is 5.56 Å². The Balaban J connectivity index is 2.20. The summed E-state index contributed by atoms with van der Waals surface area (Å²) in [7, 11) is -2.84. The van der Waals surface area contributed by atoms with E-state index in [1.54, 1.807) is 12.1 Å². The van der Waals surface area contributed by atoms with Crippen LogP contribution in [0.5, 0.6) is 5.75 Å². The topological polar surface area (TPSA) is 69.7 Å². The second kappa shape index (κ2) is 7.70. The first-order valence-electron chi connectivity index (χ1n) is 6.57. The van der Waals surface area contributed by atoms with Crippen molar-refractivity contribution in [2.75, 3.05) is 7.11 Å². The molecule has 0 saturated heterocycles. The highest BCUT2D eigenvalue weighted by Crippen LogP contribution is 2.28. The normalized spacial score (nSPS) is 11.5. The summed E-state index contributed by atoms with van der Waals surface area (Å²) in [6.45, 7) is 0. The van der Waals surface area contributed by atoms with Crippen LogP contribution in [0.3, 0.4) is 0 Å². The van der Waals surface area contributed by atoms with Crippen LogP contribution in [-0.2, 0) is 19.6 Å². The van der Waals surface area contributed by atoms with Crippen LogP contribution in [0.4, 0.5) is 0 Å². The van der Waals surface area contributed by atoms with E-state index >= 15 is 0 Å². The smallest absolute Gasteiger partial charge is 0.340 e. The fraction of sp³-hybridized carbons (Fsp3) is 0.0625. The van der Waals surface area contributed by atoms with Gasteiger partial charge < -0.3 is 8.92 Å². The summed E-state index contributed by atoms with van der Waals surface area (Å²) >= 11 is 11.7.